The van der Waals surface area contributed by atoms with E-state index in [4.69, 9.17) is 51.8 Å². The number of methoxy groups -OCH3 is 1. The van der Waals surface area contributed by atoms with Gasteiger partial charge < -0.3 is 20.7 Å². The number of nitrogens with one attached hydrogen (secondary N) is 3. The van der Waals surface area contributed by atoms with Crippen molar-refractivity contribution in [2.24, 2.45) is 0 Å². The topological polar surface area (TPSA) is 79.5 Å². The summed E-state index contributed by atoms with van der Waals surface area (Å²) in [5, 5.41) is 8.23. The van der Waals surface area contributed by atoms with Crippen LogP contribution in [0.15, 0.2) is 24.3 Å². The number of esters is 1. The van der Waals surface area contributed by atoms with Gasteiger partial charge in [-0.2, -0.15) is 0 Å². The molecule has 0 fully saturated rings. The molecule has 144 valence electrons. The number of carbonyl (C=O) groups excluding carboxylic acids is 2. The maximum atomic E-state index is 11.9. The highest BCUT2D eigenvalue weighted by Gasteiger charge is 2.34. The number of hydrogen-bond acceptors (Lipinski definition) is 4. The predicted molar refractivity (Wildman–Crippen MR) is 109 cm³/mol. The second kappa shape index (κ2) is 10.8. The van der Waals surface area contributed by atoms with Gasteiger partial charge >= 0.3 is 5.97 Å². The number of carbonyl (C=O) groups is 2. The first kappa shape index (κ1) is 22.8. The van der Waals surface area contributed by atoms with Gasteiger partial charge in [0.05, 0.1) is 18.4 Å². The molecule has 10 heteroatoms. The maximum Gasteiger partial charge on any atom is 0.339 e. The van der Waals surface area contributed by atoms with Crippen LogP contribution >= 0.6 is 47.0 Å². The first-order valence-corrected chi connectivity index (χ1v) is 9.34. The molecular formula is C16H20Cl3N3O3S. The third kappa shape index (κ3) is 7.53. The summed E-state index contributed by atoms with van der Waals surface area (Å²) in [6, 6.07) is 6.63. The van der Waals surface area contributed by atoms with Crippen molar-refractivity contribution in [1.29, 1.82) is 0 Å². The average Bonchev–Trinajstić information content (AvgIpc) is 2.58. The summed E-state index contributed by atoms with van der Waals surface area (Å²) in [6.07, 6.45) is 0.833. The Morgan fingerprint density at radius 2 is 1.88 bits per heavy atom. The van der Waals surface area contributed by atoms with Gasteiger partial charge in [-0.1, -0.05) is 60.3 Å². The maximum absolute atomic E-state index is 11.9. The van der Waals surface area contributed by atoms with Gasteiger partial charge in [0.15, 0.2) is 5.11 Å². The standard InChI is InChI=1S/C16H20Cl3N3O3S/c1-3-4-9-12(23)21-14(16(17,18)19)22-15(26)20-11-8-6-5-7-10(11)13(24)25-2/h5-8,14H,3-4,9H2,1-2H3,(H,21,23)(H2,20,22,26). The largest absolute Gasteiger partial charge is 0.465 e. The van der Waals surface area contributed by atoms with Crippen LogP contribution in [0.3, 0.4) is 0 Å². The number of ether oxygens (including phenoxy) is 1. The molecule has 0 aliphatic heterocycles. The number of thiocarbonyl (C=S) groups is 1. The fourth-order valence-electron chi connectivity index (χ4n) is 1.94. The minimum atomic E-state index is -1.84. The molecule has 0 saturated heterocycles. The van der Waals surface area contributed by atoms with Gasteiger partial charge in [-0.3, -0.25) is 4.79 Å². The van der Waals surface area contributed by atoms with Gasteiger partial charge in [0.2, 0.25) is 9.70 Å². The van der Waals surface area contributed by atoms with Gasteiger partial charge in [0.1, 0.15) is 6.17 Å². The molecule has 1 aromatic rings. The molecule has 0 bridgehead atoms. The Bertz CT molecular complexity index is 653. The van der Waals surface area contributed by atoms with Gasteiger partial charge in [-0.25, -0.2) is 4.79 Å². The van der Waals surface area contributed by atoms with Gasteiger partial charge in [-0.05, 0) is 30.8 Å². The molecule has 3 N–H and O–H groups in total. The van der Waals surface area contributed by atoms with Crippen molar-refractivity contribution in [3.8, 4) is 0 Å². The molecule has 1 atom stereocenters. The molecule has 1 amide bonds. The molecular weight excluding hydrogens is 421 g/mol. The molecule has 6 nitrogen and oxygen atoms in total. The predicted octanol–water partition coefficient (Wildman–Crippen LogP) is 3.76. The van der Waals surface area contributed by atoms with Gasteiger partial charge in [0.25, 0.3) is 0 Å². The minimum absolute atomic E-state index is 0.0634. The molecule has 26 heavy (non-hydrogen) atoms. The summed E-state index contributed by atoms with van der Waals surface area (Å²) in [5.41, 5.74) is 0.703. The fourth-order valence-corrected chi connectivity index (χ4v) is 2.49. The molecule has 0 spiro atoms. The van der Waals surface area contributed by atoms with Crippen LogP contribution in [-0.2, 0) is 9.53 Å². The van der Waals surface area contributed by atoms with E-state index in [0.717, 1.165) is 6.42 Å². The van der Waals surface area contributed by atoms with E-state index in [1.165, 1.54) is 7.11 Å². The number of amides is 1. The number of hydrogen-bond donors (Lipinski definition) is 3. The van der Waals surface area contributed by atoms with Crippen LogP contribution in [-0.4, -0.2) is 34.1 Å². The second-order valence-corrected chi connectivity index (χ2v) is 8.06. The summed E-state index contributed by atoms with van der Waals surface area (Å²) in [7, 11) is 1.28. The van der Waals surface area contributed by atoms with Crippen molar-refractivity contribution in [2.75, 3.05) is 12.4 Å². The molecule has 0 heterocycles. The Kier molecular flexibility index (Phi) is 9.43. The Hall–Kier alpha value is -1.28. The molecule has 1 unspecified atom stereocenters. The fraction of sp³-hybridized carbons (Fsp3) is 0.438. The highest BCUT2D eigenvalue weighted by molar-refractivity contribution is 7.80. The monoisotopic (exact) mass is 439 g/mol. The van der Waals surface area contributed by atoms with E-state index in [-0.39, 0.29) is 16.6 Å². The minimum Gasteiger partial charge on any atom is -0.465 e. The molecule has 0 aromatic heterocycles. The zero-order valence-corrected chi connectivity index (χ0v) is 17.4. The number of para-hydroxylation sites is 1. The van der Waals surface area contributed by atoms with E-state index in [9.17, 15) is 9.59 Å². The van der Waals surface area contributed by atoms with Crippen LogP contribution in [0.25, 0.3) is 0 Å². The first-order valence-electron chi connectivity index (χ1n) is 7.80. The summed E-state index contributed by atoms with van der Waals surface area (Å²) >= 11 is 23.0. The van der Waals surface area contributed by atoms with Crippen LogP contribution in [0.4, 0.5) is 5.69 Å². The lowest BCUT2D eigenvalue weighted by molar-refractivity contribution is -0.122. The van der Waals surface area contributed by atoms with Crippen molar-refractivity contribution in [1.82, 2.24) is 10.6 Å². The SMILES string of the molecule is CCCCC(=O)NC(NC(=S)Nc1ccccc1C(=O)OC)C(Cl)(Cl)Cl. The Morgan fingerprint density at radius 1 is 1.23 bits per heavy atom. The lowest BCUT2D eigenvalue weighted by Gasteiger charge is -2.28. The number of benzene rings is 1. The number of anilines is 1. The highest BCUT2D eigenvalue weighted by Crippen LogP contribution is 2.29. The third-order valence-electron chi connectivity index (χ3n) is 3.25. The third-order valence-corrected chi connectivity index (χ3v) is 4.12. The zero-order chi connectivity index (χ0) is 19.7. The summed E-state index contributed by atoms with van der Waals surface area (Å²) < 4.78 is 2.88. The first-order chi connectivity index (χ1) is 12.2. The van der Waals surface area contributed by atoms with Crippen molar-refractivity contribution in [3.05, 3.63) is 29.8 Å². The Morgan fingerprint density at radius 3 is 2.46 bits per heavy atom. The lowest BCUT2D eigenvalue weighted by Crippen LogP contribution is -2.56. The number of unbranched alkanes of at least 4 members (excludes halogenated alkanes) is 1. The van der Waals surface area contributed by atoms with Crippen molar-refractivity contribution in [3.63, 3.8) is 0 Å². The lowest BCUT2D eigenvalue weighted by atomic mass is 10.2. The normalized spacial score (nSPS) is 12.0. The van der Waals surface area contributed by atoms with Gasteiger partial charge in [0, 0.05) is 6.42 Å². The van der Waals surface area contributed by atoms with E-state index in [0.29, 0.717) is 18.5 Å². The van der Waals surface area contributed by atoms with Gasteiger partial charge in [-0.15, -0.1) is 0 Å². The van der Waals surface area contributed by atoms with E-state index in [1.54, 1.807) is 24.3 Å². The molecule has 1 rings (SSSR count). The van der Waals surface area contributed by atoms with E-state index >= 15 is 0 Å². The molecule has 0 aliphatic rings. The van der Waals surface area contributed by atoms with Crippen LogP contribution < -0.4 is 16.0 Å². The second-order valence-electron chi connectivity index (χ2n) is 5.28. The summed E-state index contributed by atoms with van der Waals surface area (Å²) in [4.78, 5) is 23.7. The number of halogens is 3. The molecule has 0 saturated carbocycles. The average molecular weight is 441 g/mol. The Labute approximate surface area is 172 Å². The Balaban J connectivity index is 2.82. The zero-order valence-electron chi connectivity index (χ0n) is 14.3. The van der Waals surface area contributed by atoms with Crippen molar-refractivity contribution >= 4 is 69.7 Å². The number of rotatable bonds is 7. The van der Waals surface area contributed by atoms with Crippen LogP contribution in [0.2, 0.25) is 0 Å². The van der Waals surface area contributed by atoms with Crippen LogP contribution in [0, 0.1) is 0 Å². The van der Waals surface area contributed by atoms with Crippen molar-refractivity contribution < 1.29 is 14.3 Å². The number of alkyl halides is 3. The highest BCUT2D eigenvalue weighted by atomic mass is 35.6. The van der Waals surface area contributed by atoms with Crippen LogP contribution in [0.1, 0.15) is 36.5 Å². The summed E-state index contributed by atoms with van der Waals surface area (Å²) in [5.74, 6) is -0.796. The smallest absolute Gasteiger partial charge is 0.339 e. The molecule has 0 aliphatic carbocycles. The summed E-state index contributed by atoms with van der Waals surface area (Å²) in [6.45, 7) is 1.97. The molecule has 1 aromatic carbocycles. The van der Waals surface area contributed by atoms with E-state index in [2.05, 4.69) is 16.0 Å². The van der Waals surface area contributed by atoms with E-state index < -0.39 is 15.9 Å². The molecule has 0 radical (unpaired) electrons. The quantitative estimate of drug-likeness (QED) is 0.259. The van der Waals surface area contributed by atoms with Crippen molar-refractivity contribution in [2.45, 2.75) is 36.1 Å². The van der Waals surface area contributed by atoms with E-state index in [1.807, 2.05) is 6.92 Å². The van der Waals surface area contributed by atoms with Crippen LogP contribution in [0.5, 0.6) is 0 Å².